The Bertz CT molecular complexity index is 148. The summed E-state index contributed by atoms with van der Waals surface area (Å²) in [6.07, 6.45) is 3.35. The third-order valence-electron chi connectivity index (χ3n) is 2.04. The molecule has 0 atom stereocenters. The van der Waals surface area contributed by atoms with Gasteiger partial charge >= 0.3 is 0 Å². The van der Waals surface area contributed by atoms with Crippen molar-refractivity contribution >= 4 is 11.6 Å². The highest BCUT2D eigenvalue weighted by Gasteiger charge is 2.06. The van der Waals surface area contributed by atoms with Gasteiger partial charge in [0.05, 0.1) is 0 Å². The zero-order chi connectivity index (χ0) is 10.3. The molecule has 0 fully saturated rings. The molecule has 0 bridgehead atoms. The minimum absolute atomic E-state index is 0.610. The molecule has 0 radical (unpaired) electrons. The molecule has 13 heavy (non-hydrogen) atoms. The number of nitrogens with zero attached hydrogens (tertiary/aromatic N) is 1. The first-order valence-electron chi connectivity index (χ1n) is 5.01. The van der Waals surface area contributed by atoms with Gasteiger partial charge in [0.15, 0.2) is 0 Å². The minimum Gasteiger partial charge on any atom is -0.297 e. The molecule has 0 N–H and O–H groups in total. The summed E-state index contributed by atoms with van der Waals surface area (Å²) in [6, 6.07) is 0.610. The lowest BCUT2D eigenvalue weighted by Crippen LogP contribution is -2.32. The topological polar surface area (TPSA) is 3.24 Å². The number of hydrogen-bond donors (Lipinski definition) is 0. The van der Waals surface area contributed by atoms with Gasteiger partial charge in [-0.3, -0.25) is 4.90 Å². The molecule has 0 aliphatic heterocycles. The van der Waals surface area contributed by atoms with E-state index in [0.29, 0.717) is 6.04 Å². The molecule has 0 heterocycles. The predicted octanol–water partition coefficient (Wildman–Crippen LogP) is 3.29. The Kier molecular flexibility index (Phi) is 7.39. The standard InChI is InChI=1S/C11H22ClN/c1-10(2)6-9-13(11(3)4)8-5-7-12/h6,11H,5,7-9H2,1-4H3. The molecule has 0 aliphatic carbocycles. The summed E-state index contributed by atoms with van der Waals surface area (Å²) in [7, 11) is 0. The highest BCUT2D eigenvalue weighted by molar-refractivity contribution is 6.17. The Labute approximate surface area is 87.8 Å². The highest BCUT2D eigenvalue weighted by Crippen LogP contribution is 2.02. The second-order valence-corrected chi connectivity index (χ2v) is 4.29. The zero-order valence-electron chi connectivity index (χ0n) is 9.31. The zero-order valence-corrected chi connectivity index (χ0v) is 10.1. The smallest absolute Gasteiger partial charge is 0.0235 e. The van der Waals surface area contributed by atoms with E-state index in [-0.39, 0.29) is 0 Å². The molecule has 0 saturated carbocycles. The van der Waals surface area contributed by atoms with Gasteiger partial charge in [-0.1, -0.05) is 11.6 Å². The number of hydrogen-bond acceptors (Lipinski definition) is 1. The molecule has 0 rings (SSSR count). The average molecular weight is 204 g/mol. The molecular weight excluding hydrogens is 182 g/mol. The van der Waals surface area contributed by atoms with Gasteiger partial charge in [0.1, 0.15) is 0 Å². The maximum absolute atomic E-state index is 5.67. The fourth-order valence-electron chi connectivity index (χ4n) is 1.12. The summed E-state index contributed by atoms with van der Waals surface area (Å²) in [5.41, 5.74) is 1.39. The van der Waals surface area contributed by atoms with Crippen molar-refractivity contribution in [1.29, 1.82) is 0 Å². The summed E-state index contributed by atoms with van der Waals surface area (Å²) in [6.45, 7) is 10.9. The first-order valence-corrected chi connectivity index (χ1v) is 5.54. The van der Waals surface area contributed by atoms with Crippen LogP contribution in [-0.4, -0.2) is 29.9 Å². The van der Waals surface area contributed by atoms with Crippen LogP contribution in [0.2, 0.25) is 0 Å². The first-order chi connectivity index (χ1) is 6.07. The fraction of sp³-hybridized carbons (Fsp3) is 0.818. The van der Waals surface area contributed by atoms with Crippen molar-refractivity contribution in [3.05, 3.63) is 11.6 Å². The van der Waals surface area contributed by atoms with Crippen molar-refractivity contribution in [1.82, 2.24) is 4.90 Å². The van der Waals surface area contributed by atoms with Crippen LogP contribution in [0, 0.1) is 0 Å². The van der Waals surface area contributed by atoms with Crippen LogP contribution in [0.15, 0.2) is 11.6 Å². The van der Waals surface area contributed by atoms with Crippen LogP contribution < -0.4 is 0 Å². The Morgan fingerprint density at radius 3 is 2.38 bits per heavy atom. The van der Waals surface area contributed by atoms with Gasteiger partial charge in [-0.2, -0.15) is 0 Å². The SMILES string of the molecule is CC(C)=CCN(CCCCl)C(C)C. The Hall–Kier alpha value is -0.0100. The maximum Gasteiger partial charge on any atom is 0.0235 e. The van der Waals surface area contributed by atoms with Crippen LogP contribution in [0.1, 0.15) is 34.1 Å². The molecule has 2 heteroatoms. The van der Waals surface area contributed by atoms with Crippen LogP contribution in [0.3, 0.4) is 0 Å². The van der Waals surface area contributed by atoms with Gasteiger partial charge in [0.2, 0.25) is 0 Å². The molecule has 0 spiro atoms. The molecule has 0 aromatic carbocycles. The van der Waals surface area contributed by atoms with Gasteiger partial charge in [0, 0.05) is 18.5 Å². The number of rotatable bonds is 6. The predicted molar refractivity (Wildman–Crippen MR) is 61.5 cm³/mol. The minimum atomic E-state index is 0.610. The van der Waals surface area contributed by atoms with Gasteiger partial charge in [-0.05, 0) is 40.7 Å². The van der Waals surface area contributed by atoms with E-state index >= 15 is 0 Å². The van der Waals surface area contributed by atoms with Crippen LogP contribution in [0.5, 0.6) is 0 Å². The van der Waals surface area contributed by atoms with Gasteiger partial charge < -0.3 is 0 Å². The van der Waals surface area contributed by atoms with E-state index in [9.17, 15) is 0 Å². The monoisotopic (exact) mass is 203 g/mol. The summed E-state index contributed by atoms with van der Waals surface area (Å²) < 4.78 is 0. The van der Waals surface area contributed by atoms with E-state index in [1.807, 2.05) is 0 Å². The molecule has 0 unspecified atom stereocenters. The quantitative estimate of drug-likeness (QED) is 0.473. The van der Waals surface area contributed by atoms with Crippen LogP contribution >= 0.6 is 11.6 Å². The van der Waals surface area contributed by atoms with Crippen molar-refractivity contribution < 1.29 is 0 Å². The average Bonchev–Trinajstić information content (AvgIpc) is 2.03. The van der Waals surface area contributed by atoms with E-state index in [0.717, 1.165) is 25.4 Å². The summed E-state index contributed by atoms with van der Waals surface area (Å²) in [5.74, 6) is 0.762. The summed E-state index contributed by atoms with van der Waals surface area (Å²) >= 11 is 5.67. The lowest BCUT2D eigenvalue weighted by molar-refractivity contribution is 0.246. The molecule has 0 saturated heterocycles. The normalized spacial score (nSPS) is 11.0. The van der Waals surface area contributed by atoms with E-state index in [2.05, 4.69) is 38.7 Å². The number of alkyl halides is 1. The van der Waals surface area contributed by atoms with Gasteiger partial charge in [-0.25, -0.2) is 0 Å². The van der Waals surface area contributed by atoms with Crippen molar-refractivity contribution in [2.75, 3.05) is 19.0 Å². The Balaban J connectivity index is 3.87. The first kappa shape index (κ1) is 13.0. The van der Waals surface area contributed by atoms with Crippen LogP contribution in [0.25, 0.3) is 0 Å². The Morgan fingerprint density at radius 1 is 1.38 bits per heavy atom. The third kappa shape index (κ3) is 7.09. The lowest BCUT2D eigenvalue weighted by Gasteiger charge is -2.24. The summed E-state index contributed by atoms with van der Waals surface area (Å²) in [5, 5.41) is 0. The molecular formula is C11H22ClN. The molecule has 0 aromatic rings. The van der Waals surface area contributed by atoms with Crippen molar-refractivity contribution in [3.63, 3.8) is 0 Å². The third-order valence-corrected chi connectivity index (χ3v) is 2.31. The van der Waals surface area contributed by atoms with E-state index in [1.54, 1.807) is 0 Å². The number of halogens is 1. The highest BCUT2D eigenvalue weighted by atomic mass is 35.5. The molecule has 0 aliphatic rings. The summed E-state index contributed by atoms with van der Waals surface area (Å²) in [4.78, 5) is 2.44. The Morgan fingerprint density at radius 2 is 2.00 bits per heavy atom. The van der Waals surface area contributed by atoms with E-state index < -0.39 is 0 Å². The molecule has 0 amide bonds. The van der Waals surface area contributed by atoms with Crippen molar-refractivity contribution in [2.24, 2.45) is 0 Å². The van der Waals surface area contributed by atoms with E-state index in [4.69, 9.17) is 11.6 Å². The van der Waals surface area contributed by atoms with Crippen LogP contribution in [-0.2, 0) is 0 Å². The van der Waals surface area contributed by atoms with Gasteiger partial charge in [-0.15, -0.1) is 11.6 Å². The second kappa shape index (κ2) is 7.40. The largest absolute Gasteiger partial charge is 0.297 e. The lowest BCUT2D eigenvalue weighted by atomic mass is 10.2. The molecule has 0 aromatic heterocycles. The number of allylic oxidation sites excluding steroid dienone is 1. The van der Waals surface area contributed by atoms with E-state index in [1.165, 1.54) is 5.57 Å². The second-order valence-electron chi connectivity index (χ2n) is 3.91. The van der Waals surface area contributed by atoms with Crippen LogP contribution in [0.4, 0.5) is 0 Å². The fourth-order valence-corrected chi connectivity index (χ4v) is 1.24. The van der Waals surface area contributed by atoms with Crippen molar-refractivity contribution in [2.45, 2.75) is 40.2 Å². The molecule has 78 valence electrons. The van der Waals surface area contributed by atoms with Gasteiger partial charge in [0.25, 0.3) is 0 Å². The van der Waals surface area contributed by atoms with Crippen molar-refractivity contribution in [3.8, 4) is 0 Å². The molecule has 1 nitrogen and oxygen atoms in total. The maximum atomic E-state index is 5.67.